The van der Waals surface area contributed by atoms with Gasteiger partial charge in [0, 0.05) is 23.5 Å². The van der Waals surface area contributed by atoms with E-state index < -0.39 is 0 Å². The van der Waals surface area contributed by atoms with Crippen LogP contribution in [0.2, 0.25) is 10.6 Å². The van der Waals surface area contributed by atoms with Crippen molar-refractivity contribution in [1.29, 1.82) is 0 Å². The van der Waals surface area contributed by atoms with E-state index in [1.807, 2.05) is 12.1 Å². The first kappa shape index (κ1) is 11.6. The largest absolute Gasteiger partial charge is 0.324 e. The Morgan fingerprint density at radius 1 is 1.11 bits per heavy atom. The Morgan fingerprint density at radius 3 is 2.50 bits per heavy atom. The van der Waals surface area contributed by atoms with E-state index in [0.29, 0.717) is 11.9 Å². The zero-order chi connectivity index (χ0) is 12.5. The van der Waals surface area contributed by atoms with Crippen LogP contribution in [0.25, 0.3) is 0 Å². The molecule has 1 saturated carbocycles. The topological polar surface area (TPSA) is 63.6 Å². The van der Waals surface area contributed by atoms with Crippen LogP contribution >= 0.6 is 23.2 Å². The molecule has 18 heavy (non-hydrogen) atoms. The standard InChI is InChI=1S/C11H9Cl2N5/c12-9-16-10(13)18-11(17-9)15-7-3-4-14-8(5-7)6-1-2-6/h3-6H,1-2H2,(H,14,15,16,17,18). The Balaban J connectivity index is 1.84. The molecule has 2 aromatic rings. The molecule has 3 rings (SSSR count). The van der Waals surface area contributed by atoms with Crippen LogP contribution in [-0.4, -0.2) is 19.9 Å². The van der Waals surface area contributed by atoms with Gasteiger partial charge in [0.05, 0.1) is 0 Å². The molecule has 1 aliphatic rings. The second-order valence-electron chi connectivity index (χ2n) is 4.07. The number of anilines is 2. The van der Waals surface area contributed by atoms with E-state index in [1.165, 1.54) is 12.8 Å². The van der Waals surface area contributed by atoms with Crippen molar-refractivity contribution < 1.29 is 0 Å². The normalized spacial score (nSPS) is 14.6. The molecule has 0 spiro atoms. The van der Waals surface area contributed by atoms with Gasteiger partial charge in [-0.25, -0.2) is 0 Å². The Labute approximate surface area is 114 Å². The highest BCUT2D eigenvalue weighted by atomic mass is 35.5. The fourth-order valence-corrected chi connectivity index (χ4v) is 2.00. The van der Waals surface area contributed by atoms with Crippen molar-refractivity contribution in [1.82, 2.24) is 19.9 Å². The lowest BCUT2D eigenvalue weighted by molar-refractivity contribution is 1.02. The third-order valence-corrected chi connectivity index (χ3v) is 2.95. The number of hydrogen-bond acceptors (Lipinski definition) is 5. The van der Waals surface area contributed by atoms with Crippen LogP contribution in [0, 0.1) is 0 Å². The number of hydrogen-bond donors (Lipinski definition) is 1. The zero-order valence-electron chi connectivity index (χ0n) is 9.27. The van der Waals surface area contributed by atoms with Gasteiger partial charge in [0.15, 0.2) is 0 Å². The number of nitrogens with zero attached hydrogens (tertiary/aromatic N) is 4. The maximum atomic E-state index is 5.71. The minimum Gasteiger partial charge on any atom is -0.324 e. The molecule has 0 saturated heterocycles. The van der Waals surface area contributed by atoms with E-state index in [0.717, 1.165) is 11.4 Å². The van der Waals surface area contributed by atoms with Crippen molar-refractivity contribution in [3.8, 4) is 0 Å². The van der Waals surface area contributed by atoms with Crippen LogP contribution in [0.4, 0.5) is 11.6 Å². The highest BCUT2D eigenvalue weighted by Crippen LogP contribution is 2.39. The molecule has 92 valence electrons. The van der Waals surface area contributed by atoms with Gasteiger partial charge in [-0.3, -0.25) is 4.98 Å². The van der Waals surface area contributed by atoms with Crippen molar-refractivity contribution in [2.24, 2.45) is 0 Å². The predicted octanol–water partition coefficient (Wildman–Crippen LogP) is 3.19. The van der Waals surface area contributed by atoms with Crippen LogP contribution in [0.1, 0.15) is 24.5 Å². The third kappa shape index (κ3) is 2.68. The minimum atomic E-state index is 0.0639. The molecular weight excluding hydrogens is 273 g/mol. The average Bonchev–Trinajstić information content (AvgIpc) is 3.11. The molecule has 0 unspecified atom stereocenters. The Bertz CT molecular complexity index is 565. The lowest BCUT2D eigenvalue weighted by Gasteiger charge is -2.06. The summed E-state index contributed by atoms with van der Waals surface area (Å²) >= 11 is 11.4. The van der Waals surface area contributed by atoms with Gasteiger partial charge in [-0.2, -0.15) is 15.0 Å². The number of rotatable bonds is 3. The summed E-state index contributed by atoms with van der Waals surface area (Å²) in [5, 5.41) is 3.17. The minimum absolute atomic E-state index is 0.0639. The second kappa shape index (κ2) is 4.66. The van der Waals surface area contributed by atoms with E-state index >= 15 is 0 Å². The van der Waals surface area contributed by atoms with Gasteiger partial charge in [0.25, 0.3) is 0 Å². The molecule has 7 heteroatoms. The predicted molar refractivity (Wildman–Crippen MR) is 69.3 cm³/mol. The number of aromatic nitrogens is 4. The summed E-state index contributed by atoms with van der Waals surface area (Å²) in [4.78, 5) is 15.9. The summed E-state index contributed by atoms with van der Waals surface area (Å²) in [6.07, 6.45) is 4.18. The molecule has 1 aliphatic carbocycles. The molecule has 2 heterocycles. The van der Waals surface area contributed by atoms with Crippen LogP contribution < -0.4 is 5.32 Å². The summed E-state index contributed by atoms with van der Waals surface area (Å²) in [6.45, 7) is 0. The summed E-state index contributed by atoms with van der Waals surface area (Å²) in [6, 6.07) is 3.83. The summed E-state index contributed by atoms with van der Waals surface area (Å²) < 4.78 is 0. The van der Waals surface area contributed by atoms with Gasteiger partial charge in [0.1, 0.15) is 0 Å². The summed E-state index contributed by atoms with van der Waals surface area (Å²) in [5.74, 6) is 0.922. The average molecular weight is 282 g/mol. The second-order valence-corrected chi connectivity index (χ2v) is 4.74. The van der Waals surface area contributed by atoms with Crippen LogP contribution in [-0.2, 0) is 0 Å². The monoisotopic (exact) mass is 281 g/mol. The van der Waals surface area contributed by atoms with Gasteiger partial charge < -0.3 is 5.32 Å². The fourth-order valence-electron chi connectivity index (χ4n) is 1.64. The zero-order valence-corrected chi connectivity index (χ0v) is 10.8. The first-order valence-electron chi connectivity index (χ1n) is 5.51. The number of pyridine rings is 1. The number of nitrogens with one attached hydrogen (secondary N) is 1. The highest BCUT2D eigenvalue weighted by Gasteiger charge is 2.24. The molecular formula is C11H9Cl2N5. The Hall–Kier alpha value is -1.46. The van der Waals surface area contributed by atoms with Crippen LogP contribution in [0.15, 0.2) is 18.3 Å². The lowest BCUT2D eigenvalue weighted by atomic mass is 10.2. The first-order chi connectivity index (χ1) is 8.70. The van der Waals surface area contributed by atoms with Crippen molar-refractivity contribution in [3.63, 3.8) is 0 Å². The Kier molecular flexibility index (Phi) is 3.01. The maximum Gasteiger partial charge on any atom is 0.232 e. The van der Waals surface area contributed by atoms with Gasteiger partial charge in [-0.1, -0.05) is 0 Å². The summed E-state index contributed by atoms with van der Waals surface area (Å²) in [7, 11) is 0. The Morgan fingerprint density at radius 2 is 1.83 bits per heavy atom. The first-order valence-corrected chi connectivity index (χ1v) is 6.26. The quantitative estimate of drug-likeness (QED) is 0.936. The van der Waals surface area contributed by atoms with Gasteiger partial charge in [0.2, 0.25) is 16.5 Å². The van der Waals surface area contributed by atoms with Gasteiger partial charge >= 0.3 is 0 Å². The highest BCUT2D eigenvalue weighted by molar-refractivity contribution is 6.31. The molecule has 0 aliphatic heterocycles. The van der Waals surface area contributed by atoms with E-state index in [9.17, 15) is 0 Å². The molecule has 1 N–H and O–H groups in total. The lowest BCUT2D eigenvalue weighted by Crippen LogP contribution is -2.00. The van der Waals surface area contributed by atoms with Crippen molar-refractivity contribution in [3.05, 3.63) is 34.6 Å². The maximum absolute atomic E-state index is 5.71. The molecule has 0 radical (unpaired) electrons. The molecule has 0 aromatic carbocycles. The van der Waals surface area contributed by atoms with Crippen molar-refractivity contribution in [2.75, 3.05) is 5.32 Å². The molecule has 0 atom stereocenters. The van der Waals surface area contributed by atoms with Gasteiger partial charge in [-0.05, 0) is 48.2 Å². The molecule has 1 fully saturated rings. The fraction of sp³-hybridized carbons (Fsp3) is 0.273. The molecule has 0 bridgehead atoms. The van der Waals surface area contributed by atoms with E-state index in [4.69, 9.17) is 23.2 Å². The van der Waals surface area contributed by atoms with Gasteiger partial charge in [-0.15, -0.1) is 0 Å². The third-order valence-electron chi connectivity index (χ3n) is 2.61. The SMILES string of the molecule is Clc1nc(Cl)nc(Nc2ccnc(C3CC3)c2)n1. The molecule has 0 amide bonds. The van der Waals surface area contributed by atoms with E-state index in [2.05, 4.69) is 25.3 Å². The van der Waals surface area contributed by atoms with Crippen LogP contribution in [0.5, 0.6) is 0 Å². The van der Waals surface area contributed by atoms with Crippen molar-refractivity contribution >= 4 is 34.8 Å². The van der Waals surface area contributed by atoms with Crippen LogP contribution in [0.3, 0.4) is 0 Å². The number of halogens is 2. The molecule has 2 aromatic heterocycles. The molecule has 5 nitrogen and oxygen atoms in total. The smallest absolute Gasteiger partial charge is 0.232 e. The van der Waals surface area contributed by atoms with E-state index in [-0.39, 0.29) is 10.6 Å². The summed E-state index contributed by atoms with van der Waals surface area (Å²) in [5.41, 5.74) is 1.96. The van der Waals surface area contributed by atoms with E-state index in [1.54, 1.807) is 6.20 Å². The van der Waals surface area contributed by atoms with Crippen molar-refractivity contribution in [2.45, 2.75) is 18.8 Å².